The molecule has 0 aliphatic carbocycles. The molecule has 1 saturated heterocycles. The van der Waals surface area contributed by atoms with E-state index in [1.165, 1.54) is 0 Å². The van der Waals surface area contributed by atoms with Crippen molar-refractivity contribution in [2.24, 2.45) is 5.73 Å². The van der Waals surface area contributed by atoms with E-state index < -0.39 is 0 Å². The van der Waals surface area contributed by atoms with Crippen LogP contribution in [0.2, 0.25) is 0 Å². The molecule has 3 heterocycles. The molecule has 0 bridgehead atoms. The van der Waals surface area contributed by atoms with Gasteiger partial charge in [0.15, 0.2) is 5.76 Å². The van der Waals surface area contributed by atoms with Gasteiger partial charge in [0.1, 0.15) is 11.5 Å². The predicted molar refractivity (Wildman–Crippen MR) is 102 cm³/mol. The van der Waals surface area contributed by atoms with Crippen LogP contribution in [-0.4, -0.2) is 39.7 Å². The Morgan fingerprint density at radius 3 is 2.62 bits per heavy atom. The summed E-state index contributed by atoms with van der Waals surface area (Å²) < 4.78 is 7.44. The number of nitrogens with two attached hydrogens (primary N) is 1. The van der Waals surface area contributed by atoms with Crippen LogP contribution in [-0.2, 0) is 0 Å². The highest BCUT2D eigenvalue weighted by atomic mass is 35.5. The second-order valence-electron chi connectivity index (χ2n) is 6.38. The van der Waals surface area contributed by atoms with Crippen molar-refractivity contribution in [1.29, 1.82) is 0 Å². The Hall–Kier alpha value is -2.57. The summed E-state index contributed by atoms with van der Waals surface area (Å²) >= 11 is 0. The first kappa shape index (κ1) is 18.2. The van der Waals surface area contributed by atoms with Gasteiger partial charge in [-0.05, 0) is 37.6 Å². The fourth-order valence-corrected chi connectivity index (χ4v) is 3.13. The maximum atomic E-state index is 13.0. The van der Waals surface area contributed by atoms with Gasteiger partial charge in [-0.3, -0.25) is 4.79 Å². The Balaban J connectivity index is 0.00000196. The van der Waals surface area contributed by atoms with Crippen LogP contribution in [0.1, 0.15) is 22.5 Å². The number of likely N-dealkylation sites (tertiary alicyclic amines) is 1. The normalized spacial score (nSPS) is 16.5. The molecule has 1 amide bonds. The molecule has 26 heavy (non-hydrogen) atoms. The van der Waals surface area contributed by atoms with E-state index in [4.69, 9.17) is 10.2 Å². The van der Waals surface area contributed by atoms with Crippen LogP contribution < -0.4 is 5.73 Å². The SMILES string of the molecule is Cc1ccc(-c2nn(-c3ccccc3)cc2C(=O)N2CC[C@H](N)C2)o1.Cl. The summed E-state index contributed by atoms with van der Waals surface area (Å²) in [7, 11) is 0. The first-order chi connectivity index (χ1) is 12.1. The van der Waals surface area contributed by atoms with Gasteiger partial charge in [0, 0.05) is 25.3 Å². The van der Waals surface area contributed by atoms with Gasteiger partial charge < -0.3 is 15.1 Å². The van der Waals surface area contributed by atoms with E-state index in [1.807, 2.05) is 49.4 Å². The zero-order valence-electron chi connectivity index (χ0n) is 14.5. The van der Waals surface area contributed by atoms with Crippen molar-refractivity contribution in [3.05, 3.63) is 60.0 Å². The number of rotatable bonds is 3. The number of benzene rings is 1. The number of nitrogens with zero attached hydrogens (tertiary/aromatic N) is 3. The van der Waals surface area contributed by atoms with Gasteiger partial charge in [0.2, 0.25) is 0 Å². The van der Waals surface area contributed by atoms with E-state index in [2.05, 4.69) is 5.10 Å². The summed E-state index contributed by atoms with van der Waals surface area (Å²) in [5.74, 6) is 1.32. The van der Waals surface area contributed by atoms with Gasteiger partial charge in [-0.15, -0.1) is 12.4 Å². The second-order valence-corrected chi connectivity index (χ2v) is 6.38. The molecule has 3 aromatic rings. The molecule has 2 N–H and O–H groups in total. The van der Waals surface area contributed by atoms with E-state index >= 15 is 0 Å². The number of hydrogen-bond donors (Lipinski definition) is 1. The zero-order chi connectivity index (χ0) is 17.4. The minimum absolute atomic E-state index is 0. The highest BCUT2D eigenvalue weighted by Gasteiger charge is 2.29. The molecular formula is C19H21ClN4O2. The van der Waals surface area contributed by atoms with E-state index in [0.29, 0.717) is 30.1 Å². The zero-order valence-corrected chi connectivity index (χ0v) is 15.3. The topological polar surface area (TPSA) is 77.3 Å². The molecule has 1 aromatic carbocycles. The molecule has 7 heteroatoms. The van der Waals surface area contributed by atoms with Crippen molar-refractivity contribution < 1.29 is 9.21 Å². The van der Waals surface area contributed by atoms with Crippen molar-refractivity contribution in [3.63, 3.8) is 0 Å². The first-order valence-corrected chi connectivity index (χ1v) is 8.38. The van der Waals surface area contributed by atoms with Crippen LogP contribution in [0.4, 0.5) is 0 Å². The van der Waals surface area contributed by atoms with Crippen molar-refractivity contribution in [1.82, 2.24) is 14.7 Å². The highest BCUT2D eigenvalue weighted by Crippen LogP contribution is 2.27. The van der Waals surface area contributed by atoms with Crippen molar-refractivity contribution in [2.75, 3.05) is 13.1 Å². The molecule has 2 aromatic heterocycles. The Kier molecular flexibility index (Phi) is 5.15. The van der Waals surface area contributed by atoms with Gasteiger partial charge in [-0.1, -0.05) is 18.2 Å². The highest BCUT2D eigenvalue weighted by molar-refractivity contribution is 5.99. The molecular weight excluding hydrogens is 352 g/mol. The molecule has 6 nitrogen and oxygen atoms in total. The minimum Gasteiger partial charge on any atom is -0.460 e. The standard InChI is InChI=1S/C19H20N4O2.ClH/c1-13-7-8-17(25-13)18-16(19(24)22-10-9-14(20)11-22)12-23(21-18)15-5-3-2-4-6-15;/h2-8,12,14H,9-11,20H2,1H3;1H/t14-;/m0./s1. The van der Waals surface area contributed by atoms with Crippen LogP contribution >= 0.6 is 12.4 Å². The Morgan fingerprint density at radius 2 is 2.00 bits per heavy atom. The van der Waals surface area contributed by atoms with Gasteiger partial charge in [-0.2, -0.15) is 5.10 Å². The smallest absolute Gasteiger partial charge is 0.257 e. The fraction of sp³-hybridized carbons (Fsp3) is 0.263. The lowest BCUT2D eigenvalue weighted by molar-refractivity contribution is 0.0791. The molecule has 0 radical (unpaired) electrons. The Bertz CT molecular complexity index is 903. The van der Waals surface area contributed by atoms with E-state index in [1.54, 1.807) is 15.8 Å². The summed E-state index contributed by atoms with van der Waals surface area (Å²) in [6.45, 7) is 3.12. The van der Waals surface area contributed by atoms with Crippen molar-refractivity contribution in [2.45, 2.75) is 19.4 Å². The van der Waals surface area contributed by atoms with Crippen LogP contribution in [0.3, 0.4) is 0 Å². The number of carbonyl (C=O) groups excluding carboxylic acids is 1. The summed E-state index contributed by atoms with van der Waals surface area (Å²) in [5.41, 5.74) is 7.94. The minimum atomic E-state index is -0.0563. The van der Waals surface area contributed by atoms with Crippen LogP contribution in [0.5, 0.6) is 0 Å². The third kappa shape index (κ3) is 3.38. The number of para-hydroxylation sites is 1. The first-order valence-electron chi connectivity index (χ1n) is 8.38. The molecule has 1 aliphatic rings. The fourth-order valence-electron chi connectivity index (χ4n) is 3.13. The lowest BCUT2D eigenvalue weighted by atomic mass is 10.2. The lowest BCUT2D eigenvalue weighted by Crippen LogP contribution is -2.32. The van der Waals surface area contributed by atoms with Crippen molar-refractivity contribution >= 4 is 18.3 Å². The summed E-state index contributed by atoms with van der Waals surface area (Å²) in [6.07, 6.45) is 2.60. The quantitative estimate of drug-likeness (QED) is 0.766. The maximum absolute atomic E-state index is 13.0. The number of aryl methyl sites for hydroxylation is 1. The Morgan fingerprint density at radius 1 is 1.23 bits per heavy atom. The van der Waals surface area contributed by atoms with Gasteiger partial charge >= 0.3 is 0 Å². The number of hydrogen-bond acceptors (Lipinski definition) is 4. The maximum Gasteiger partial charge on any atom is 0.257 e. The third-order valence-electron chi connectivity index (χ3n) is 4.45. The van der Waals surface area contributed by atoms with E-state index in [9.17, 15) is 4.79 Å². The van der Waals surface area contributed by atoms with E-state index in [-0.39, 0.29) is 24.4 Å². The number of aromatic nitrogens is 2. The van der Waals surface area contributed by atoms with Crippen LogP contribution in [0.25, 0.3) is 17.1 Å². The van der Waals surface area contributed by atoms with E-state index in [0.717, 1.165) is 17.9 Å². The molecule has 1 fully saturated rings. The summed E-state index contributed by atoms with van der Waals surface area (Å²) in [5, 5.41) is 4.62. The van der Waals surface area contributed by atoms with Gasteiger partial charge in [0.25, 0.3) is 5.91 Å². The average molecular weight is 373 g/mol. The molecule has 1 aliphatic heterocycles. The number of halogens is 1. The predicted octanol–water partition coefficient (Wildman–Crippen LogP) is 3.04. The largest absolute Gasteiger partial charge is 0.460 e. The Labute approximate surface area is 158 Å². The van der Waals surface area contributed by atoms with Gasteiger partial charge in [-0.25, -0.2) is 4.68 Å². The van der Waals surface area contributed by atoms with Crippen LogP contribution in [0, 0.1) is 6.92 Å². The summed E-state index contributed by atoms with van der Waals surface area (Å²) in [4.78, 5) is 14.8. The lowest BCUT2D eigenvalue weighted by Gasteiger charge is -2.15. The molecule has 0 spiro atoms. The van der Waals surface area contributed by atoms with Crippen molar-refractivity contribution in [3.8, 4) is 17.1 Å². The van der Waals surface area contributed by atoms with Crippen LogP contribution in [0.15, 0.2) is 53.1 Å². The molecule has 0 unspecified atom stereocenters. The third-order valence-corrected chi connectivity index (χ3v) is 4.45. The molecule has 136 valence electrons. The molecule has 1 atom stereocenters. The summed E-state index contributed by atoms with van der Waals surface area (Å²) in [6, 6.07) is 13.5. The number of furan rings is 1. The molecule has 4 rings (SSSR count). The van der Waals surface area contributed by atoms with Gasteiger partial charge in [0.05, 0.1) is 11.3 Å². The number of carbonyl (C=O) groups is 1. The number of amides is 1. The molecule has 0 saturated carbocycles. The average Bonchev–Trinajstić information content (AvgIpc) is 3.34. The second kappa shape index (κ2) is 7.35. The monoisotopic (exact) mass is 372 g/mol.